The van der Waals surface area contributed by atoms with Gasteiger partial charge in [0.2, 0.25) is 0 Å². The Bertz CT molecular complexity index is 1160. The van der Waals surface area contributed by atoms with E-state index < -0.39 is 11.7 Å². The van der Waals surface area contributed by atoms with Gasteiger partial charge in [-0.05, 0) is 68.5 Å². The topological polar surface area (TPSA) is 126 Å². The number of nitrogens with zero attached hydrogens (tertiary/aromatic N) is 4. The maximum Gasteiger partial charge on any atom is 0.410 e. The molecule has 0 saturated carbocycles. The predicted octanol–water partition coefficient (Wildman–Crippen LogP) is 4.20. The molecule has 1 aromatic carbocycles. The van der Waals surface area contributed by atoms with Crippen molar-refractivity contribution in [2.75, 3.05) is 25.6 Å². The van der Waals surface area contributed by atoms with E-state index >= 15 is 0 Å². The SMILES string of the molecule is CCCC/C=N/N=C/c1cccc(NC(=O)c2cc3c(cc2OC)CCN(C(=O)OCC(C)(C)O)C3)n1. The minimum absolute atomic E-state index is 0.104. The van der Waals surface area contributed by atoms with Gasteiger partial charge in [-0.1, -0.05) is 19.4 Å². The Balaban J connectivity index is 1.71. The van der Waals surface area contributed by atoms with E-state index in [2.05, 4.69) is 27.4 Å². The number of hydrogen-bond acceptors (Lipinski definition) is 8. The van der Waals surface area contributed by atoms with Crippen LogP contribution in [0.25, 0.3) is 0 Å². The molecule has 0 bridgehead atoms. The van der Waals surface area contributed by atoms with Gasteiger partial charge >= 0.3 is 6.09 Å². The third kappa shape index (κ3) is 8.38. The van der Waals surface area contributed by atoms with Crippen molar-refractivity contribution < 1.29 is 24.2 Å². The third-order valence-electron chi connectivity index (χ3n) is 5.62. The van der Waals surface area contributed by atoms with Crippen LogP contribution in [0.15, 0.2) is 40.5 Å². The van der Waals surface area contributed by atoms with Gasteiger partial charge in [-0.3, -0.25) is 4.79 Å². The van der Waals surface area contributed by atoms with E-state index in [4.69, 9.17) is 9.47 Å². The summed E-state index contributed by atoms with van der Waals surface area (Å²) in [6, 6.07) is 8.79. The highest BCUT2D eigenvalue weighted by molar-refractivity contribution is 6.06. The lowest BCUT2D eigenvalue weighted by atomic mass is 9.96. The number of anilines is 1. The van der Waals surface area contributed by atoms with Crippen LogP contribution in [0.3, 0.4) is 0 Å². The molecule has 0 radical (unpaired) electrons. The minimum atomic E-state index is -1.11. The Morgan fingerprint density at radius 2 is 2.05 bits per heavy atom. The molecule has 0 atom stereocenters. The Morgan fingerprint density at radius 1 is 1.24 bits per heavy atom. The van der Waals surface area contributed by atoms with Crippen molar-refractivity contribution in [2.24, 2.45) is 10.2 Å². The highest BCUT2D eigenvalue weighted by atomic mass is 16.6. The zero-order valence-electron chi connectivity index (χ0n) is 21.9. The first-order chi connectivity index (χ1) is 17.7. The fourth-order valence-corrected chi connectivity index (χ4v) is 3.69. The fourth-order valence-electron chi connectivity index (χ4n) is 3.69. The van der Waals surface area contributed by atoms with Crippen LogP contribution in [0.5, 0.6) is 5.75 Å². The van der Waals surface area contributed by atoms with E-state index in [1.165, 1.54) is 13.3 Å². The molecular weight excluding hydrogens is 474 g/mol. The summed E-state index contributed by atoms with van der Waals surface area (Å²) in [6.07, 6.45) is 6.42. The minimum Gasteiger partial charge on any atom is -0.496 e. The number of ether oxygens (including phenoxy) is 2. The van der Waals surface area contributed by atoms with E-state index in [9.17, 15) is 14.7 Å². The largest absolute Gasteiger partial charge is 0.496 e. The van der Waals surface area contributed by atoms with Crippen LogP contribution in [-0.4, -0.2) is 65.3 Å². The second kappa shape index (κ2) is 13.0. The second-order valence-electron chi connectivity index (χ2n) is 9.45. The molecule has 0 fully saturated rings. The van der Waals surface area contributed by atoms with Crippen LogP contribution in [0.1, 0.15) is 67.2 Å². The van der Waals surface area contributed by atoms with Crippen molar-refractivity contribution in [1.82, 2.24) is 9.88 Å². The molecule has 37 heavy (non-hydrogen) atoms. The number of benzene rings is 1. The van der Waals surface area contributed by atoms with Gasteiger partial charge in [-0.2, -0.15) is 10.2 Å². The van der Waals surface area contributed by atoms with E-state index in [-0.39, 0.29) is 19.1 Å². The van der Waals surface area contributed by atoms with Crippen molar-refractivity contribution in [3.05, 3.63) is 52.7 Å². The number of fused-ring (bicyclic) bond motifs is 1. The molecule has 198 valence electrons. The van der Waals surface area contributed by atoms with Crippen molar-refractivity contribution in [2.45, 2.75) is 58.6 Å². The Morgan fingerprint density at radius 3 is 2.78 bits per heavy atom. The van der Waals surface area contributed by atoms with Gasteiger partial charge in [-0.25, -0.2) is 9.78 Å². The molecule has 2 aromatic rings. The number of unbranched alkanes of at least 4 members (excludes halogenated alkanes) is 2. The number of nitrogens with one attached hydrogen (secondary N) is 1. The van der Waals surface area contributed by atoms with E-state index in [1.54, 1.807) is 49.2 Å². The van der Waals surface area contributed by atoms with Gasteiger partial charge in [-0.15, -0.1) is 0 Å². The van der Waals surface area contributed by atoms with Crippen LogP contribution in [0.4, 0.5) is 10.6 Å². The quantitative estimate of drug-likeness (QED) is 0.281. The monoisotopic (exact) mass is 509 g/mol. The van der Waals surface area contributed by atoms with Gasteiger partial charge < -0.3 is 24.8 Å². The number of aliphatic hydroxyl groups is 1. The first-order valence-corrected chi connectivity index (χ1v) is 12.4. The molecule has 2 heterocycles. The maximum atomic E-state index is 13.2. The molecule has 0 unspecified atom stereocenters. The highest BCUT2D eigenvalue weighted by Crippen LogP contribution is 2.29. The van der Waals surface area contributed by atoms with Gasteiger partial charge in [0, 0.05) is 19.3 Å². The third-order valence-corrected chi connectivity index (χ3v) is 5.62. The Hall–Kier alpha value is -3.79. The molecule has 2 N–H and O–H groups in total. The van der Waals surface area contributed by atoms with Crippen molar-refractivity contribution in [3.63, 3.8) is 0 Å². The van der Waals surface area contributed by atoms with Crippen LogP contribution in [0, 0.1) is 0 Å². The summed E-state index contributed by atoms with van der Waals surface area (Å²) in [5, 5.41) is 20.6. The lowest BCUT2D eigenvalue weighted by Crippen LogP contribution is -2.39. The highest BCUT2D eigenvalue weighted by Gasteiger charge is 2.26. The zero-order chi connectivity index (χ0) is 26.8. The summed E-state index contributed by atoms with van der Waals surface area (Å²) in [5.74, 6) is 0.412. The van der Waals surface area contributed by atoms with E-state index in [0.717, 1.165) is 30.4 Å². The summed E-state index contributed by atoms with van der Waals surface area (Å²) >= 11 is 0. The van der Waals surface area contributed by atoms with Crippen molar-refractivity contribution >= 4 is 30.2 Å². The number of hydrogen-bond donors (Lipinski definition) is 2. The summed E-state index contributed by atoms with van der Waals surface area (Å²) in [6.45, 7) is 5.91. The zero-order valence-corrected chi connectivity index (χ0v) is 21.9. The van der Waals surface area contributed by atoms with Crippen molar-refractivity contribution in [1.29, 1.82) is 0 Å². The van der Waals surface area contributed by atoms with Gasteiger partial charge in [0.15, 0.2) is 0 Å². The van der Waals surface area contributed by atoms with Crippen LogP contribution >= 0.6 is 0 Å². The molecular formula is C27H35N5O5. The molecule has 10 nitrogen and oxygen atoms in total. The lowest BCUT2D eigenvalue weighted by Gasteiger charge is -2.30. The molecule has 1 aliphatic rings. The maximum absolute atomic E-state index is 13.2. The van der Waals surface area contributed by atoms with Crippen molar-refractivity contribution in [3.8, 4) is 5.75 Å². The summed E-state index contributed by atoms with van der Waals surface area (Å²) < 4.78 is 10.7. The van der Waals surface area contributed by atoms with Crippen LogP contribution < -0.4 is 10.1 Å². The van der Waals surface area contributed by atoms with Gasteiger partial charge in [0.05, 0.1) is 30.2 Å². The summed E-state index contributed by atoms with van der Waals surface area (Å²) in [4.78, 5) is 31.6. The molecule has 3 rings (SSSR count). The average Bonchev–Trinajstić information content (AvgIpc) is 2.88. The number of pyridine rings is 1. The molecule has 1 aromatic heterocycles. The molecule has 1 aliphatic heterocycles. The smallest absolute Gasteiger partial charge is 0.410 e. The average molecular weight is 510 g/mol. The Labute approximate surface area is 217 Å². The molecule has 2 amide bonds. The summed E-state index contributed by atoms with van der Waals surface area (Å²) in [5.41, 5.74) is 1.60. The normalized spacial score (nSPS) is 13.6. The number of aromatic nitrogens is 1. The molecule has 0 saturated heterocycles. The van der Waals surface area contributed by atoms with E-state index in [1.807, 2.05) is 6.07 Å². The second-order valence-corrected chi connectivity index (χ2v) is 9.45. The summed E-state index contributed by atoms with van der Waals surface area (Å²) in [7, 11) is 1.51. The van der Waals surface area contributed by atoms with Gasteiger partial charge in [0.1, 0.15) is 18.2 Å². The molecule has 0 spiro atoms. The van der Waals surface area contributed by atoms with E-state index in [0.29, 0.717) is 35.8 Å². The first-order valence-electron chi connectivity index (χ1n) is 12.4. The molecule has 0 aliphatic carbocycles. The van der Waals surface area contributed by atoms with Crippen LogP contribution in [-0.2, 0) is 17.7 Å². The Kier molecular flexibility index (Phi) is 9.73. The standard InChI is InChI=1S/C27H35N5O5/c1-5-6-7-12-28-29-16-21-9-8-10-24(30-21)31-25(33)22-14-20-17-32(26(34)37-18-27(2,3)35)13-11-19(20)15-23(22)36-4/h8-10,12,14-16,35H,5-7,11,13,17-18H2,1-4H3,(H,30,31,33)/b28-12+,29-16+. The van der Waals surface area contributed by atoms with Gasteiger partial charge in [0.25, 0.3) is 5.91 Å². The number of rotatable bonds is 10. The first kappa shape index (κ1) is 27.8. The number of carbonyl (C=O) groups excluding carboxylic acids is 2. The molecule has 10 heteroatoms. The predicted molar refractivity (Wildman–Crippen MR) is 143 cm³/mol. The lowest BCUT2D eigenvalue weighted by molar-refractivity contribution is -0.00487. The number of methoxy groups -OCH3 is 1. The number of carbonyl (C=O) groups is 2. The number of amides is 2. The fraction of sp³-hybridized carbons (Fsp3) is 0.444. The van der Waals surface area contributed by atoms with Crippen LogP contribution in [0.2, 0.25) is 0 Å².